The van der Waals surface area contributed by atoms with E-state index >= 15 is 0 Å². The first-order valence-corrected chi connectivity index (χ1v) is 7.18. The molecule has 0 aromatic heterocycles. The van der Waals surface area contributed by atoms with E-state index in [4.69, 9.17) is 0 Å². The Morgan fingerprint density at radius 1 is 1.44 bits per heavy atom. The fourth-order valence-corrected chi connectivity index (χ4v) is 2.87. The highest BCUT2D eigenvalue weighted by atomic mass is 79.9. The van der Waals surface area contributed by atoms with E-state index in [1.807, 2.05) is 0 Å². The van der Waals surface area contributed by atoms with Gasteiger partial charge in [-0.2, -0.15) is 0 Å². The third-order valence-corrected chi connectivity index (χ3v) is 4.39. The van der Waals surface area contributed by atoms with Gasteiger partial charge in [-0.05, 0) is 57.2 Å². The summed E-state index contributed by atoms with van der Waals surface area (Å²) in [4.78, 5) is 4.69. The molecular formula is C14H20BrFN2. The van der Waals surface area contributed by atoms with E-state index in [0.29, 0.717) is 6.04 Å². The van der Waals surface area contributed by atoms with Gasteiger partial charge in [0.15, 0.2) is 0 Å². The van der Waals surface area contributed by atoms with E-state index in [0.717, 1.165) is 29.7 Å². The number of halogens is 2. The van der Waals surface area contributed by atoms with Crippen LogP contribution in [0.25, 0.3) is 0 Å². The zero-order valence-electron chi connectivity index (χ0n) is 11.0. The Morgan fingerprint density at radius 3 is 2.94 bits per heavy atom. The minimum atomic E-state index is -0.158. The predicted octanol–water partition coefficient (Wildman–Crippen LogP) is 3.11. The second-order valence-electron chi connectivity index (χ2n) is 5.23. The zero-order valence-corrected chi connectivity index (χ0v) is 12.6. The molecule has 4 heteroatoms. The van der Waals surface area contributed by atoms with Crippen LogP contribution in [0.15, 0.2) is 22.7 Å². The third kappa shape index (κ3) is 3.53. The van der Waals surface area contributed by atoms with Gasteiger partial charge in [0.05, 0.1) is 0 Å². The summed E-state index contributed by atoms with van der Waals surface area (Å²) >= 11 is 3.50. The van der Waals surface area contributed by atoms with Crippen molar-refractivity contribution < 1.29 is 4.39 Å². The molecule has 0 aliphatic carbocycles. The van der Waals surface area contributed by atoms with Crippen molar-refractivity contribution in [3.05, 3.63) is 34.1 Å². The maximum Gasteiger partial charge on any atom is 0.123 e. The van der Waals surface area contributed by atoms with Crippen molar-refractivity contribution in [3.63, 3.8) is 0 Å². The molecule has 1 unspecified atom stereocenters. The van der Waals surface area contributed by atoms with Crippen molar-refractivity contribution in [2.45, 2.75) is 25.4 Å². The Morgan fingerprint density at radius 2 is 2.22 bits per heavy atom. The van der Waals surface area contributed by atoms with Crippen molar-refractivity contribution >= 4 is 15.9 Å². The van der Waals surface area contributed by atoms with Gasteiger partial charge in [-0.1, -0.05) is 15.9 Å². The summed E-state index contributed by atoms with van der Waals surface area (Å²) in [7, 11) is 4.26. The zero-order chi connectivity index (χ0) is 13.1. The molecule has 2 rings (SSSR count). The van der Waals surface area contributed by atoms with Gasteiger partial charge >= 0.3 is 0 Å². The molecule has 0 radical (unpaired) electrons. The van der Waals surface area contributed by atoms with E-state index in [9.17, 15) is 4.39 Å². The molecular weight excluding hydrogens is 295 g/mol. The Kier molecular flexibility index (Phi) is 4.76. The van der Waals surface area contributed by atoms with Crippen LogP contribution in [0.3, 0.4) is 0 Å². The van der Waals surface area contributed by atoms with Gasteiger partial charge in [-0.3, -0.25) is 4.90 Å². The molecule has 1 aromatic rings. The summed E-state index contributed by atoms with van der Waals surface area (Å²) in [6.07, 6.45) is 2.48. The van der Waals surface area contributed by atoms with E-state index in [1.54, 1.807) is 12.1 Å². The molecule has 0 saturated carbocycles. The fourth-order valence-electron chi connectivity index (χ4n) is 2.50. The minimum Gasteiger partial charge on any atom is -0.305 e. The number of piperidine rings is 1. The summed E-state index contributed by atoms with van der Waals surface area (Å²) in [5.74, 6) is -0.158. The first-order chi connectivity index (χ1) is 8.56. The smallest absolute Gasteiger partial charge is 0.123 e. The van der Waals surface area contributed by atoms with Crippen molar-refractivity contribution in [1.29, 1.82) is 0 Å². The van der Waals surface area contributed by atoms with Crippen molar-refractivity contribution in [2.24, 2.45) is 0 Å². The summed E-state index contributed by atoms with van der Waals surface area (Å²) < 4.78 is 14.3. The summed E-state index contributed by atoms with van der Waals surface area (Å²) in [5, 5.41) is 0. The Bertz CT molecular complexity index is 409. The lowest BCUT2D eigenvalue weighted by atomic mass is 10.0. The predicted molar refractivity (Wildman–Crippen MR) is 76.1 cm³/mol. The largest absolute Gasteiger partial charge is 0.305 e. The van der Waals surface area contributed by atoms with Crippen LogP contribution in [-0.4, -0.2) is 43.0 Å². The van der Waals surface area contributed by atoms with Crippen LogP contribution < -0.4 is 0 Å². The van der Waals surface area contributed by atoms with Gasteiger partial charge in [0.2, 0.25) is 0 Å². The summed E-state index contributed by atoms with van der Waals surface area (Å²) in [6, 6.07) is 5.53. The van der Waals surface area contributed by atoms with Gasteiger partial charge < -0.3 is 4.90 Å². The molecule has 100 valence electrons. The number of likely N-dealkylation sites (N-methyl/N-ethyl adjacent to an activating group) is 1. The average Bonchev–Trinajstić information content (AvgIpc) is 2.34. The van der Waals surface area contributed by atoms with Gasteiger partial charge in [0, 0.05) is 23.6 Å². The monoisotopic (exact) mass is 314 g/mol. The molecule has 0 N–H and O–H groups in total. The van der Waals surface area contributed by atoms with Crippen LogP contribution in [0.1, 0.15) is 18.4 Å². The molecule has 18 heavy (non-hydrogen) atoms. The molecule has 1 saturated heterocycles. The summed E-state index contributed by atoms with van der Waals surface area (Å²) in [6.45, 7) is 2.99. The van der Waals surface area contributed by atoms with Crippen molar-refractivity contribution in [2.75, 3.05) is 27.2 Å². The highest BCUT2D eigenvalue weighted by Crippen LogP contribution is 2.22. The second-order valence-corrected chi connectivity index (χ2v) is 6.08. The lowest BCUT2D eigenvalue weighted by Gasteiger charge is -2.36. The van der Waals surface area contributed by atoms with E-state index in [1.165, 1.54) is 18.9 Å². The Labute approximate surface area is 117 Å². The number of nitrogens with zero attached hydrogens (tertiary/aromatic N) is 2. The number of hydrogen-bond donors (Lipinski definition) is 0. The third-order valence-electron chi connectivity index (χ3n) is 3.61. The topological polar surface area (TPSA) is 6.48 Å². The fraction of sp³-hybridized carbons (Fsp3) is 0.571. The SMILES string of the molecule is CN(C)C1CCCN(Cc2cc(F)ccc2Br)C1. The van der Waals surface area contributed by atoms with Crippen LogP contribution >= 0.6 is 15.9 Å². The minimum absolute atomic E-state index is 0.158. The normalized spacial score (nSPS) is 21.5. The van der Waals surface area contributed by atoms with Gasteiger partial charge in [-0.15, -0.1) is 0 Å². The lowest BCUT2D eigenvalue weighted by molar-refractivity contribution is 0.127. The molecule has 2 nitrogen and oxygen atoms in total. The first-order valence-electron chi connectivity index (χ1n) is 6.39. The molecule has 1 fully saturated rings. The van der Waals surface area contributed by atoms with Gasteiger partial charge in [-0.25, -0.2) is 4.39 Å². The van der Waals surface area contributed by atoms with Crippen LogP contribution in [0, 0.1) is 5.82 Å². The number of likely N-dealkylation sites (tertiary alicyclic amines) is 1. The Hall–Kier alpha value is -0.450. The van der Waals surface area contributed by atoms with Crippen molar-refractivity contribution in [1.82, 2.24) is 9.80 Å². The number of benzene rings is 1. The molecule has 1 aliphatic rings. The van der Waals surface area contributed by atoms with E-state index in [2.05, 4.69) is 39.8 Å². The Balaban J connectivity index is 2.02. The van der Waals surface area contributed by atoms with E-state index in [-0.39, 0.29) is 5.82 Å². The highest BCUT2D eigenvalue weighted by molar-refractivity contribution is 9.10. The lowest BCUT2D eigenvalue weighted by Crippen LogP contribution is -2.44. The number of hydrogen-bond acceptors (Lipinski definition) is 2. The van der Waals surface area contributed by atoms with Gasteiger partial charge in [0.1, 0.15) is 5.82 Å². The van der Waals surface area contributed by atoms with Crippen LogP contribution in [0.4, 0.5) is 4.39 Å². The maximum atomic E-state index is 13.3. The highest BCUT2D eigenvalue weighted by Gasteiger charge is 2.21. The molecule has 0 amide bonds. The van der Waals surface area contributed by atoms with E-state index < -0.39 is 0 Å². The van der Waals surface area contributed by atoms with Crippen LogP contribution in [-0.2, 0) is 6.54 Å². The number of rotatable bonds is 3. The first kappa shape index (κ1) is 14.0. The molecule has 1 aliphatic heterocycles. The summed E-state index contributed by atoms with van der Waals surface area (Å²) in [5.41, 5.74) is 1.04. The van der Waals surface area contributed by atoms with Crippen LogP contribution in [0.5, 0.6) is 0 Å². The molecule has 0 spiro atoms. The molecule has 1 atom stereocenters. The van der Waals surface area contributed by atoms with Crippen LogP contribution in [0.2, 0.25) is 0 Å². The molecule has 1 aromatic carbocycles. The quantitative estimate of drug-likeness (QED) is 0.846. The standard InChI is InChI=1S/C14H20BrFN2/c1-17(2)13-4-3-7-18(10-13)9-11-8-12(16)5-6-14(11)15/h5-6,8,13H,3-4,7,9-10H2,1-2H3. The maximum absolute atomic E-state index is 13.3. The second kappa shape index (κ2) is 6.13. The van der Waals surface area contributed by atoms with Gasteiger partial charge in [0.25, 0.3) is 0 Å². The van der Waals surface area contributed by atoms with Crippen molar-refractivity contribution in [3.8, 4) is 0 Å². The molecule has 1 heterocycles. The molecule has 0 bridgehead atoms. The average molecular weight is 315 g/mol.